The Morgan fingerprint density at radius 1 is 0.321 bits per heavy atom. The van der Waals surface area contributed by atoms with E-state index in [4.69, 9.17) is 37.0 Å². The molecule has 0 bridgehead atoms. The number of phosphoric ester groups is 2. The molecule has 0 saturated heterocycles. The van der Waals surface area contributed by atoms with Crippen molar-refractivity contribution in [2.45, 2.75) is 342 Å². The Morgan fingerprint density at radius 2 is 0.548 bits per heavy atom. The molecule has 0 aliphatic rings. The number of rotatable bonds is 64. The molecule has 84 heavy (non-hydrogen) atoms. The van der Waals surface area contributed by atoms with Crippen LogP contribution >= 0.6 is 15.6 Å². The fourth-order valence-corrected chi connectivity index (χ4v) is 11.3. The molecule has 0 radical (unpaired) electrons. The molecule has 2 unspecified atom stereocenters. The first-order valence-corrected chi connectivity index (χ1v) is 37.0. The smallest absolute Gasteiger partial charge is 0.462 e. The van der Waals surface area contributed by atoms with E-state index < -0.39 is 97.5 Å². The molecule has 0 heterocycles. The molecule has 5 atom stereocenters. The van der Waals surface area contributed by atoms with Crippen LogP contribution in [0.2, 0.25) is 0 Å². The average molecular weight is 1240 g/mol. The minimum Gasteiger partial charge on any atom is -0.462 e. The van der Waals surface area contributed by atoms with Gasteiger partial charge in [0.05, 0.1) is 26.4 Å². The van der Waals surface area contributed by atoms with E-state index >= 15 is 0 Å². The first-order valence-electron chi connectivity index (χ1n) is 34.0. The van der Waals surface area contributed by atoms with Crippen molar-refractivity contribution >= 4 is 39.5 Å². The number of hydrogen-bond acceptors (Lipinski definition) is 15. The Balaban J connectivity index is 5.16. The van der Waals surface area contributed by atoms with Crippen LogP contribution in [0.5, 0.6) is 0 Å². The van der Waals surface area contributed by atoms with E-state index in [1.54, 1.807) is 0 Å². The highest BCUT2D eigenvalue weighted by molar-refractivity contribution is 7.47. The predicted molar refractivity (Wildman–Crippen MR) is 335 cm³/mol. The number of unbranched alkanes of at least 4 members (excludes halogenated alkanes) is 34. The SMILES string of the molecule is CCCCCCCCCCCCCCCCCCC(=O)O[C@H](COC(=O)CCCCCCCCCCCCCC(C)C)COP(=O)(O)OC[C@@H](O)COP(=O)(O)OC[C@@H](COC(=O)CCCCCCC)OC(=O)CCCCCCCCC(C)C. The van der Waals surface area contributed by atoms with E-state index in [9.17, 15) is 43.2 Å². The van der Waals surface area contributed by atoms with Gasteiger partial charge >= 0.3 is 39.5 Å². The molecular formula is C65H126O17P2. The van der Waals surface area contributed by atoms with Crippen LogP contribution < -0.4 is 0 Å². The van der Waals surface area contributed by atoms with Crippen LogP contribution in [0.1, 0.15) is 324 Å². The van der Waals surface area contributed by atoms with Gasteiger partial charge in [-0.2, -0.15) is 0 Å². The van der Waals surface area contributed by atoms with Gasteiger partial charge in [-0.25, -0.2) is 9.13 Å². The molecule has 0 aliphatic carbocycles. The summed E-state index contributed by atoms with van der Waals surface area (Å²) >= 11 is 0. The second kappa shape index (κ2) is 57.5. The summed E-state index contributed by atoms with van der Waals surface area (Å²) in [7, 11) is -9.88. The third kappa shape index (κ3) is 59.0. The van der Waals surface area contributed by atoms with Crippen molar-refractivity contribution in [1.82, 2.24) is 0 Å². The zero-order valence-corrected chi connectivity index (χ0v) is 56.0. The molecule has 19 heteroatoms. The van der Waals surface area contributed by atoms with Gasteiger partial charge in [-0.05, 0) is 37.5 Å². The van der Waals surface area contributed by atoms with Gasteiger partial charge in [-0.1, -0.05) is 273 Å². The van der Waals surface area contributed by atoms with Crippen LogP contribution in [0.3, 0.4) is 0 Å². The van der Waals surface area contributed by atoms with E-state index in [0.29, 0.717) is 31.6 Å². The lowest BCUT2D eigenvalue weighted by atomic mass is 10.0. The molecular weight excluding hydrogens is 1110 g/mol. The molecule has 0 fully saturated rings. The third-order valence-corrected chi connectivity index (χ3v) is 16.9. The topological polar surface area (TPSA) is 237 Å². The van der Waals surface area contributed by atoms with E-state index in [1.165, 1.54) is 135 Å². The lowest BCUT2D eigenvalue weighted by Gasteiger charge is -2.21. The van der Waals surface area contributed by atoms with Crippen molar-refractivity contribution < 1.29 is 80.2 Å². The van der Waals surface area contributed by atoms with Crippen LogP contribution in [-0.2, 0) is 65.4 Å². The Bertz CT molecular complexity index is 1650. The molecule has 0 aromatic rings. The van der Waals surface area contributed by atoms with Crippen molar-refractivity contribution in [3.63, 3.8) is 0 Å². The highest BCUT2D eigenvalue weighted by atomic mass is 31.2. The Hall–Kier alpha value is -1.94. The van der Waals surface area contributed by atoms with Gasteiger partial charge in [-0.3, -0.25) is 37.3 Å². The zero-order valence-electron chi connectivity index (χ0n) is 54.2. The molecule has 0 aromatic heterocycles. The molecule has 0 spiro atoms. The average Bonchev–Trinajstić information content (AvgIpc) is 3.58. The van der Waals surface area contributed by atoms with Crippen LogP contribution in [0.15, 0.2) is 0 Å². The largest absolute Gasteiger partial charge is 0.472 e. The fraction of sp³-hybridized carbons (Fsp3) is 0.938. The summed E-state index contributed by atoms with van der Waals surface area (Å²) < 4.78 is 67.8. The number of carbonyl (C=O) groups excluding carboxylic acids is 4. The molecule has 0 amide bonds. The molecule has 17 nitrogen and oxygen atoms in total. The second-order valence-electron chi connectivity index (χ2n) is 24.5. The van der Waals surface area contributed by atoms with Crippen LogP contribution in [-0.4, -0.2) is 96.7 Å². The van der Waals surface area contributed by atoms with Gasteiger partial charge < -0.3 is 33.8 Å². The number of esters is 4. The zero-order chi connectivity index (χ0) is 62.2. The maximum Gasteiger partial charge on any atom is 0.472 e. The summed E-state index contributed by atoms with van der Waals surface area (Å²) in [6.07, 6.45) is 40.9. The first kappa shape index (κ1) is 82.1. The number of hydrogen-bond donors (Lipinski definition) is 3. The summed E-state index contributed by atoms with van der Waals surface area (Å²) in [6.45, 7) is 9.33. The van der Waals surface area contributed by atoms with Gasteiger partial charge in [0.25, 0.3) is 0 Å². The first-order chi connectivity index (χ1) is 40.4. The molecule has 498 valence electrons. The minimum atomic E-state index is -4.95. The Kier molecular flexibility index (Phi) is 56.2. The van der Waals surface area contributed by atoms with Crippen LogP contribution in [0.4, 0.5) is 0 Å². The molecule has 0 aromatic carbocycles. The standard InChI is InChI=1S/C65H126O17P2/c1-7-9-11-13-14-15-16-17-18-19-20-23-27-30-37-43-49-64(69)81-61(54-76-63(68)48-42-36-29-26-24-21-22-25-28-34-39-45-57(3)4)56-80-84(73,74)78-52-59(66)51-77-83(71,72)79-55-60(53-75-62(67)47-41-33-12-10-8-2)82-65(70)50-44-38-32-31-35-40-46-58(5)6/h57-61,66H,7-56H2,1-6H3,(H,71,72)(H,73,74)/t59-,60+,61+/m0/s1. The number of phosphoric acid groups is 2. The molecule has 3 N–H and O–H groups in total. The van der Waals surface area contributed by atoms with Crippen LogP contribution in [0.25, 0.3) is 0 Å². The summed E-state index contributed by atoms with van der Waals surface area (Å²) in [4.78, 5) is 72.0. The van der Waals surface area contributed by atoms with E-state index in [0.717, 1.165) is 102 Å². The normalized spacial score (nSPS) is 14.3. The molecule has 0 saturated carbocycles. The quantitative estimate of drug-likeness (QED) is 0.0222. The maximum absolute atomic E-state index is 13.0. The summed E-state index contributed by atoms with van der Waals surface area (Å²) in [5.41, 5.74) is 0. The van der Waals surface area contributed by atoms with Gasteiger partial charge in [0.2, 0.25) is 0 Å². The highest BCUT2D eigenvalue weighted by Gasteiger charge is 2.30. The van der Waals surface area contributed by atoms with E-state index in [1.807, 2.05) is 0 Å². The summed E-state index contributed by atoms with van der Waals surface area (Å²) in [6, 6.07) is 0. The van der Waals surface area contributed by atoms with Crippen molar-refractivity contribution in [2.75, 3.05) is 39.6 Å². The van der Waals surface area contributed by atoms with Gasteiger partial charge in [0, 0.05) is 25.7 Å². The van der Waals surface area contributed by atoms with Crippen molar-refractivity contribution in [1.29, 1.82) is 0 Å². The third-order valence-electron chi connectivity index (χ3n) is 15.0. The van der Waals surface area contributed by atoms with E-state index in [2.05, 4.69) is 41.5 Å². The lowest BCUT2D eigenvalue weighted by molar-refractivity contribution is -0.161. The number of aliphatic hydroxyl groups is 1. The van der Waals surface area contributed by atoms with Crippen molar-refractivity contribution in [2.24, 2.45) is 11.8 Å². The molecule has 0 aliphatic heterocycles. The Morgan fingerprint density at radius 3 is 0.810 bits per heavy atom. The summed E-state index contributed by atoms with van der Waals surface area (Å²) in [5, 5.41) is 10.5. The minimum absolute atomic E-state index is 0.101. The lowest BCUT2D eigenvalue weighted by Crippen LogP contribution is -2.30. The van der Waals surface area contributed by atoms with Gasteiger partial charge in [0.15, 0.2) is 12.2 Å². The number of aliphatic hydroxyl groups excluding tert-OH is 1. The number of ether oxygens (including phenoxy) is 4. The van der Waals surface area contributed by atoms with Crippen molar-refractivity contribution in [3.8, 4) is 0 Å². The monoisotopic (exact) mass is 1240 g/mol. The van der Waals surface area contributed by atoms with Crippen LogP contribution in [0, 0.1) is 11.8 Å². The van der Waals surface area contributed by atoms with E-state index in [-0.39, 0.29) is 25.7 Å². The van der Waals surface area contributed by atoms with Gasteiger partial charge in [-0.15, -0.1) is 0 Å². The molecule has 0 rings (SSSR count). The Labute approximate surface area is 511 Å². The summed E-state index contributed by atoms with van der Waals surface area (Å²) in [5.74, 6) is -0.705. The maximum atomic E-state index is 13.0. The predicted octanol–water partition coefficient (Wildman–Crippen LogP) is 18.0. The number of carbonyl (C=O) groups is 4. The second-order valence-corrected chi connectivity index (χ2v) is 27.4. The highest BCUT2D eigenvalue weighted by Crippen LogP contribution is 2.45. The fourth-order valence-electron chi connectivity index (χ4n) is 9.71. The van der Waals surface area contributed by atoms with Crippen molar-refractivity contribution in [3.05, 3.63) is 0 Å². The van der Waals surface area contributed by atoms with Gasteiger partial charge in [0.1, 0.15) is 19.3 Å².